The first-order chi connectivity index (χ1) is 8.09. The van der Waals surface area contributed by atoms with Gasteiger partial charge in [-0.15, -0.1) is 11.6 Å². The Morgan fingerprint density at radius 3 is 2.94 bits per heavy atom. The Balaban J connectivity index is 1.70. The molecule has 1 aromatic rings. The van der Waals surface area contributed by atoms with Crippen LogP contribution in [0.25, 0.3) is 0 Å². The highest BCUT2D eigenvalue weighted by atomic mass is 35.5. The molecule has 0 spiro atoms. The van der Waals surface area contributed by atoms with Crippen LogP contribution in [0, 0.1) is 11.2 Å². The van der Waals surface area contributed by atoms with Crippen molar-refractivity contribution >= 4 is 11.6 Å². The molecule has 0 aromatic heterocycles. The maximum atomic E-state index is 13.1. The van der Waals surface area contributed by atoms with E-state index in [0.717, 1.165) is 24.2 Å². The standard InChI is InChI=1S/C14H16ClFO/c1-9(15)14(4-5-14)8-12-7-10-6-11(16)2-3-13(10)17-12/h2-3,6,9,12H,4-5,7-8H2,1H3. The minimum absolute atomic E-state index is 0.176. The van der Waals surface area contributed by atoms with E-state index in [4.69, 9.17) is 16.3 Å². The van der Waals surface area contributed by atoms with Gasteiger partial charge < -0.3 is 4.74 Å². The summed E-state index contributed by atoms with van der Waals surface area (Å²) < 4.78 is 19.0. The number of rotatable bonds is 3. The second-order valence-corrected chi connectivity index (χ2v) is 6.03. The molecule has 0 bridgehead atoms. The number of hydrogen-bond acceptors (Lipinski definition) is 1. The van der Waals surface area contributed by atoms with E-state index in [9.17, 15) is 4.39 Å². The summed E-state index contributed by atoms with van der Waals surface area (Å²) in [6, 6.07) is 4.77. The first-order valence-corrected chi connectivity index (χ1v) is 6.62. The van der Waals surface area contributed by atoms with E-state index in [1.54, 1.807) is 12.1 Å². The molecular weight excluding hydrogens is 239 g/mol. The van der Waals surface area contributed by atoms with Crippen molar-refractivity contribution < 1.29 is 9.13 Å². The fourth-order valence-electron chi connectivity index (χ4n) is 2.78. The van der Waals surface area contributed by atoms with Crippen LogP contribution < -0.4 is 4.74 Å². The number of benzene rings is 1. The quantitative estimate of drug-likeness (QED) is 0.743. The van der Waals surface area contributed by atoms with E-state index in [0.29, 0.717) is 0 Å². The summed E-state index contributed by atoms with van der Waals surface area (Å²) in [5.41, 5.74) is 1.26. The zero-order valence-electron chi connectivity index (χ0n) is 9.88. The van der Waals surface area contributed by atoms with Crippen LogP contribution in [0.3, 0.4) is 0 Å². The second kappa shape index (κ2) is 3.88. The van der Waals surface area contributed by atoms with Crippen LogP contribution in [0.5, 0.6) is 5.75 Å². The fourth-order valence-corrected chi connectivity index (χ4v) is 3.09. The Bertz CT molecular complexity index is 440. The second-order valence-electron chi connectivity index (χ2n) is 5.38. The molecule has 1 aliphatic carbocycles. The van der Waals surface area contributed by atoms with E-state index < -0.39 is 0 Å². The molecule has 2 atom stereocenters. The molecule has 1 heterocycles. The molecule has 1 aliphatic heterocycles. The Hall–Kier alpha value is -0.760. The molecule has 3 rings (SSSR count). The minimum atomic E-state index is -0.181. The topological polar surface area (TPSA) is 9.23 Å². The molecule has 3 heteroatoms. The maximum absolute atomic E-state index is 13.1. The average molecular weight is 255 g/mol. The lowest BCUT2D eigenvalue weighted by Crippen LogP contribution is -2.23. The zero-order chi connectivity index (χ0) is 12.0. The lowest BCUT2D eigenvalue weighted by molar-refractivity contribution is 0.185. The zero-order valence-corrected chi connectivity index (χ0v) is 10.6. The molecule has 1 aromatic carbocycles. The molecule has 0 saturated heterocycles. The van der Waals surface area contributed by atoms with Crippen LogP contribution in [0.2, 0.25) is 0 Å². The average Bonchev–Trinajstić information content (AvgIpc) is 2.93. The van der Waals surface area contributed by atoms with Crippen LogP contribution in [-0.2, 0) is 6.42 Å². The number of ether oxygens (including phenoxy) is 1. The van der Waals surface area contributed by atoms with E-state index in [1.807, 2.05) is 0 Å². The molecular formula is C14H16ClFO. The van der Waals surface area contributed by atoms with Gasteiger partial charge in [-0.05, 0) is 49.8 Å². The van der Waals surface area contributed by atoms with E-state index in [1.165, 1.54) is 18.9 Å². The summed E-state index contributed by atoms with van der Waals surface area (Å²) in [6.45, 7) is 2.07. The third-order valence-electron chi connectivity index (χ3n) is 4.13. The fraction of sp³-hybridized carbons (Fsp3) is 0.571. The van der Waals surface area contributed by atoms with Crippen molar-refractivity contribution in [2.45, 2.75) is 44.1 Å². The van der Waals surface area contributed by atoms with Crippen molar-refractivity contribution in [3.8, 4) is 5.75 Å². The van der Waals surface area contributed by atoms with Crippen molar-refractivity contribution in [2.24, 2.45) is 5.41 Å². The maximum Gasteiger partial charge on any atom is 0.123 e. The first kappa shape index (κ1) is 11.3. The predicted octanol–water partition coefficient (Wildman–Crippen LogP) is 3.93. The third kappa shape index (κ3) is 2.03. The Morgan fingerprint density at radius 1 is 1.53 bits per heavy atom. The van der Waals surface area contributed by atoms with Gasteiger partial charge >= 0.3 is 0 Å². The molecule has 1 nitrogen and oxygen atoms in total. The van der Waals surface area contributed by atoms with Gasteiger partial charge in [0.25, 0.3) is 0 Å². The van der Waals surface area contributed by atoms with Gasteiger partial charge in [-0.25, -0.2) is 4.39 Å². The highest BCUT2D eigenvalue weighted by molar-refractivity contribution is 6.21. The van der Waals surface area contributed by atoms with Gasteiger partial charge in [-0.2, -0.15) is 0 Å². The Morgan fingerprint density at radius 2 is 2.29 bits per heavy atom. The van der Waals surface area contributed by atoms with Crippen molar-refractivity contribution in [3.05, 3.63) is 29.6 Å². The van der Waals surface area contributed by atoms with E-state index in [2.05, 4.69) is 6.92 Å². The van der Waals surface area contributed by atoms with Gasteiger partial charge in [0.2, 0.25) is 0 Å². The largest absolute Gasteiger partial charge is 0.490 e. The van der Waals surface area contributed by atoms with Crippen LogP contribution in [0.4, 0.5) is 4.39 Å². The molecule has 0 N–H and O–H groups in total. The van der Waals surface area contributed by atoms with Crippen molar-refractivity contribution in [1.29, 1.82) is 0 Å². The smallest absolute Gasteiger partial charge is 0.123 e. The van der Waals surface area contributed by atoms with Gasteiger partial charge in [0.15, 0.2) is 0 Å². The molecule has 0 radical (unpaired) electrons. The summed E-state index contributed by atoms with van der Waals surface area (Å²) in [7, 11) is 0. The third-order valence-corrected chi connectivity index (χ3v) is 4.60. The molecule has 17 heavy (non-hydrogen) atoms. The van der Waals surface area contributed by atoms with Gasteiger partial charge in [0, 0.05) is 17.4 Å². The number of alkyl halides is 1. The van der Waals surface area contributed by atoms with E-state index in [-0.39, 0.29) is 22.7 Å². The van der Waals surface area contributed by atoms with Crippen LogP contribution in [0.15, 0.2) is 18.2 Å². The molecule has 92 valence electrons. The van der Waals surface area contributed by atoms with Gasteiger partial charge in [-0.3, -0.25) is 0 Å². The number of halogens is 2. The van der Waals surface area contributed by atoms with Crippen LogP contribution in [0.1, 0.15) is 31.7 Å². The van der Waals surface area contributed by atoms with E-state index >= 15 is 0 Å². The minimum Gasteiger partial charge on any atom is -0.490 e. The molecule has 2 unspecified atom stereocenters. The van der Waals surface area contributed by atoms with Crippen molar-refractivity contribution in [2.75, 3.05) is 0 Å². The van der Waals surface area contributed by atoms with Gasteiger partial charge in [-0.1, -0.05) is 0 Å². The van der Waals surface area contributed by atoms with Crippen LogP contribution >= 0.6 is 11.6 Å². The highest BCUT2D eigenvalue weighted by Gasteiger charge is 2.49. The van der Waals surface area contributed by atoms with Crippen molar-refractivity contribution in [1.82, 2.24) is 0 Å². The lowest BCUT2D eigenvalue weighted by atomic mass is 9.93. The summed E-state index contributed by atoms with van der Waals surface area (Å²) in [6.07, 6.45) is 4.38. The summed E-state index contributed by atoms with van der Waals surface area (Å²) in [4.78, 5) is 0. The molecule has 2 aliphatic rings. The summed E-state index contributed by atoms with van der Waals surface area (Å²) in [5, 5.41) is 0.201. The Kier molecular flexibility index (Phi) is 2.58. The molecule has 1 saturated carbocycles. The summed E-state index contributed by atoms with van der Waals surface area (Å²) in [5.74, 6) is 0.661. The van der Waals surface area contributed by atoms with Gasteiger partial charge in [0.05, 0.1) is 0 Å². The first-order valence-electron chi connectivity index (χ1n) is 6.18. The normalized spacial score (nSPS) is 26.2. The SMILES string of the molecule is CC(Cl)C1(CC2Cc3cc(F)ccc3O2)CC1. The van der Waals surface area contributed by atoms with Crippen molar-refractivity contribution in [3.63, 3.8) is 0 Å². The number of fused-ring (bicyclic) bond motifs is 1. The molecule has 0 amide bonds. The summed E-state index contributed by atoms with van der Waals surface area (Å²) >= 11 is 6.23. The molecule has 1 fully saturated rings. The predicted molar refractivity (Wildman–Crippen MR) is 66.1 cm³/mol. The van der Waals surface area contributed by atoms with Crippen LogP contribution in [-0.4, -0.2) is 11.5 Å². The monoisotopic (exact) mass is 254 g/mol. The Labute approximate surface area is 106 Å². The van der Waals surface area contributed by atoms with Gasteiger partial charge in [0.1, 0.15) is 17.7 Å². The lowest BCUT2D eigenvalue weighted by Gasteiger charge is -2.21. The number of hydrogen-bond donors (Lipinski definition) is 0. The highest BCUT2D eigenvalue weighted by Crippen LogP contribution is 2.55.